The van der Waals surface area contributed by atoms with Crippen molar-refractivity contribution in [3.05, 3.63) is 41.5 Å². The van der Waals surface area contributed by atoms with Crippen molar-refractivity contribution in [1.29, 1.82) is 0 Å². The molecule has 0 unspecified atom stereocenters. The molecule has 0 aliphatic carbocycles. The highest BCUT2D eigenvalue weighted by Gasteiger charge is 2.36. The lowest BCUT2D eigenvalue weighted by atomic mass is 9.94. The van der Waals surface area contributed by atoms with Crippen molar-refractivity contribution in [1.82, 2.24) is 5.06 Å². The van der Waals surface area contributed by atoms with Crippen LogP contribution < -0.4 is 4.74 Å². The van der Waals surface area contributed by atoms with Crippen molar-refractivity contribution in [2.45, 2.75) is 45.4 Å². The number of carbonyl (C=O) groups excluding carboxylic acids is 2. The number of imide groups is 1. The van der Waals surface area contributed by atoms with Crippen LogP contribution in [0.15, 0.2) is 30.3 Å². The van der Waals surface area contributed by atoms with E-state index in [-0.39, 0.29) is 11.1 Å². The van der Waals surface area contributed by atoms with Gasteiger partial charge in [-0.1, -0.05) is 51.2 Å². The smallest absolute Gasteiger partial charge is 0.286 e. The third-order valence-electron chi connectivity index (χ3n) is 4.80. The summed E-state index contributed by atoms with van der Waals surface area (Å²) >= 11 is 0. The Morgan fingerprint density at radius 1 is 0.897 bits per heavy atom. The van der Waals surface area contributed by atoms with Crippen molar-refractivity contribution < 1.29 is 27.0 Å². The lowest BCUT2D eigenvalue weighted by molar-refractivity contribution is -0.0149. The lowest BCUT2D eigenvalue weighted by Gasteiger charge is -2.25. The summed E-state index contributed by atoms with van der Waals surface area (Å²) in [7, 11) is -4.03. The number of ether oxygens (including phenoxy) is 1. The second-order valence-corrected chi connectivity index (χ2v) is 8.70. The Balaban J connectivity index is 1.82. The molecule has 0 atom stereocenters. The van der Waals surface area contributed by atoms with E-state index in [1.54, 1.807) is 18.2 Å². The molecule has 0 fully saturated rings. The number of unbranched alkanes of at least 4 members (excludes halogenated alkanes) is 5. The first kappa shape index (κ1) is 21.3. The Hall–Kier alpha value is -2.45. The molecule has 0 N–H and O–H groups in total. The summed E-state index contributed by atoms with van der Waals surface area (Å²) < 4.78 is 33.4. The van der Waals surface area contributed by atoms with Gasteiger partial charge < -0.3 is 4.74 Å². The Bertz CT molecular complexity index is 1010. The quantitative estimate of drug-likeness (QED) is 0.426. The predicted molar refractivity (Wildman–Crippen MR) is 109 cm³/mol. The number of hydrogen-bond acceptors (Lipinski definition) is 6. The number of nitrogens with zero attached hydrogens (tertiary/aromatic N) is 1. The SMILES string of the molecule is CCCCCCCCOc1ccc2c3c(cccc13)C(=O)N(OS(C)(=O)=O)C2=O. The van der Waals surface area contributed by atoms with Crippen LogP contribution in [0.4, 0.5) is 0 Å². The van der Waals surface area contributed by atoms with Crippen molar-refractivity contribution in [3.8, 4) is 5.75 Å². The van der Waals surface area contributed by atoms with E-state index in [1.807, 2.05) is 0 Å². The van der Waals surface area contributed by atoms with Crippen LogP contribution >= 0.6 is 0 Å². The van der Waals surface area contributed by atoms with E-state index in [9.17, 15) is 18.0 Å². The maximum atomic E-state index is 12.7. The van der Waals surface area contributed by atoms with Gasteiger partial charge in [-0.2, -0.15) is 8.42 Å². The summed E-state index contributed by atoms with van der Waals surface area (Å²) in [6, 6.07) is 8.20. The maximum absolute atomic E-state index is 12.7. The van der Waals surface area contributed by atoms with Gasteiger partial charge in [0, 0.05) is 10.8 Å². The summed E-state index contributed by atoms with van der Waals surface area (Å²) in [4.78, 5) is 25.3. The second-order valence-electron chi connectivity index (χ2n) is 7.14. The molecule has 3 rings (SSSR count). The molecule has 2 aromatic carbocycles. The average Bonchev–Trinajstić information content (AvgIpc) is 2.68. The predicted octanol–water partition coefficient (Wildman–Crippen LogP) is 4.07. The molecular weight excluding hydrogens is 394 g/mol. The highest BCUT2D eigenvalue weighted by molar-refractivity contribution is 7.85. The molecule has 2 aromatic rings. The van der Waals surface area contributed by atoms with Crippen LogP contribution in [0.1, 0.15) is 66.2 Å². The van der Waals surface area contributed by atoms with Gasteiger partial charge >= 0.3 is 0 Å². The second kappa shape index (κ2) is 8.92. The Morgan fingerprint density at radius 2 is 1.55 bits per heavy atom. The van der Waals surface area contributed by atoms with Gasteiger partial charge in [-0.15, -0.1) is 9.35 Å². The fourth-order valence-corrected chi connectivity index (χ4v) is 3.85. The first-order valence-corrected chi connectivity index (χ1v) is 11.6. The fraction of sp³-hybridized carbons (Fsp3) is 0.429. The number of hydrogen-bond donors (Lipinski definition) is 0. The third kappa shape index (κ3) is 4.76. The zero-order chi connectivity index (χ0) is 21.0. The number of carbonyl (C=O) groups is 2. The van der Waals surface area contributed by atoms with Gasteiger partial charge in [0.25, 0.3) is 21.9 Å². The monoisotopic (exact) mass is 419 g/mol. The van der Waals surface area contributed by atoms with E-state index in [0.717, 1.165) is 19.1 Å². The first-order chi connectivity index (χ1) is 13.8. The lowest BCUT2D eigenvalue weighted by Crippen LogP contribution is -2.41. The Kier molecular flexibility index (Phi) is 6.54. The van der Waals surface area contributed by atoms with Crippen molar-refractivity contribution in [3.63, 3.8) is 0 Å². The molecule has 0 saturated carbocycles. The van der Waals surface area contributed by atoms with Gasteiger partial charge in [-0.25, -0.2) is 0 Å². The third-order valence-corrected chi connectivity index (χ3v) is 5.22. The van der Waals surface area contributed by atoms with Gasteiger partial charge in [0.2, 0.25) is 0 Å². The topological polar surface area (TPSA) is 90.0 Å². The van der Waals surface area contributed by atoms with E-state index in [1.165, 1.54) is 37.8 Å². The number of rotatable bonds is 10. The fourth-order valence-electron chi connectivity index (χ4n) is 3.44. The van der Waals surface area contributed by atoms with E-state index in [0.29, 0.717) is 28.2 Å². The molecule has 0 aromatic heterocycles. The molecule has 0 saturated heterocycles. The summed E-state index contributed by atoms with van der Waals surface area (Å²) in [6.07, 6.45) is 7.67. The number of benzene rings is 2. The molecule has 1 heterocycles. The van der Waals surface area contributed by atoms with Gasteiger partial charge in [0.05, 0.1) is 24.0 Å². The highest BCUT2D eigenvalue weighted by atomic mass is 32.2. The van der Waals surface area contributed by atoms with Crippen LogP contribution in [-0.4, -0.2) is 38.2 Å². The molecule has 0 radical (unpaired) electrons. The van der Waals surface area contributed by atoms with Crippen LogP contribution in [0.3, 0.4) is 0 Å². The van der Waals surface area contributed by atoms with Crippen LogP contribution in [0.2, 0.25) is 0 Å². The van der Waals surface area contributed by atoms with E-state index in [2.05, 4.69) is 11.2 Å². The minimum atomic E-state index is -4.03. The Morgan fingerprint density at radius 3 is 2.24 bits per heavy atom. The van der Waals surface area contributed by atoms with Gasteiger partial charge in [0.1, 0.15) is 5.75 Å². The number of amides is 2. The van der Waals surface area contributed by atoms with Crippen molar-refractivity contribution in [2.75, 3.05) is 12.9 Å². The number of hydroxylamine groups is 2. The normalized spacial score (nSPS) is 13.9. The maximum Gasteiger partial charge on any atom is 0.286 e. The van der Waals surface area contributed by atoms with E-state index in [4.69, 9.17) is 4.74 Å². The molecule has 156 valence electrons. The van der Waals surface area contributed by atoms with Crippen LogP contribution in [0.25, 0.3) is 10.8 Å². The minimum Gasteiger partial charge on any atom is -0.493 e. The molecular formula is C21H25NO6S. The zero-order valence-corrected chi connectivity index (χ0v) is 17.5. The average molecular weight is 419 g/mol. The van der Waals surface area contributed by atoms with Crippen LogP contribution in [-0.2, 0) is 14.4 Å². The first-order valence-electron chi connectivity index (χ1n) is 9.80. The van der Waals surface area contributed by atoms with Gasteiger partial charge in [-0.05, 0) is 24.6 Å². The standard InChI is InChI=1S/C21H25NO6S/c1-3-4-5-6-7-8-14-27-18-13-12-17-19-15(18)10-9-11-16(19)20(23)22(21(17)24)28-29(2,25)26/h9-13H,3-8,14H2,1-2H3. The summed E-state index contributed by atoms with van der Waals surface area (Å²) in [5, 5.41) is 1.39. The molecule has 0 bridgehead atoms. The van der Waals surface area contributed by atoms with Crippen molar-refractivity contribution in [2.24, 2.45) is 0 Å². The largest absolute Gasteiger partial charge is 0.493 e. The molecule has 1 aliphatic heterocycles. The van der Waals surface area contributed by atoms with Gasteiger partial charge in [0.15, 0.2) is 0 Å². The zero-order valence-electron chi connectivity index (χ0n) is 16.6. The molecule has 1 aliphatic rings. The van der Waals surface area contributed by atoms with Crippen LogP contribution in [0.5, 0.6) is 5.75 Å². The Labute approximate surface area is 170 Å². The molecule has 0 spiro atoms. The minimum absolute atomic E-state index is 0.200. The van der Waals surface area contributed by atoms with E-state index < -0.39 is 21.9 Å². The molecule has 8 heteroatoms. The summed E-state index contributed by atoms with van der Waals surface area (Å²) in [5.41, 5.74) is 0.400. The highest BCUT2D eigenvalue weighted by Crippen LogP contribution is 2.35. The van der Waals surface area contributed by atoms with Crippen LogP contribution in [0, 0.1) is 0 Å². The molecule has 29 heavy (non-hydrogen) atoms. The molecule has 7 nitrogen and oxygen atoms in total. The molecule has 2 amide bonds. The summed E-state index contributed by atoms with van der Waals surface area (Å²) in [5.74, 6) is -1.03. The van der Waals surface area contributed by atoms with Crippen molar-refractivity contribution >= 4 is 32.7 Å². The van der Waals surface area contributed by atoms with Gasteiger partial charge in [-0.3, -0.25) is 9.59 Å². The summed E-state index contributed by atoms with van der Waals surface area (Å²) in [6.45, 7) is 2.74. The van der Waals surface area contributed by atoms with E-state index >= 15 is 0 Å².